The Kier molecular flexibility index (Phi) is 13.9. The van der Waals surface area contributed by atoms with Gasteiger partial charge >= 0.3 is 0 Å². The molecular weight excluding hydrogens is 967 g/mol. The molecule has 7 aromatic rings. The number of aromatic nitrogens is 2. The smallest absolute Gasteiger partial charge is 0.227 e. The summed E-state index contributed by atoms with van der Waals surface area (Å²) in [5.74, 6) is -71.6. The molecule has 6 aromatic carbocycles. The second-order valence-electron chi connectivity index (χ2n) is 13.9. The van der Waals surface area contributed by atoms with Gasteiger partial charge in [-0.15, -0.1) is 21.9 Å². The summed E-state index contributed by atoms with van der Waals surface area (Å²) < 4.78 is 296. The van der Waals surface area contributed by atoms with Crippen LogP contribution in [0.15, 0.2) is 79.3 Å². The van der Waals surface area contributed by atoms with Crippen molar-refractivity contribution in [3.05, 3.63) is 212 Å². The number of benzene rings is 6. The summed E-state index contributed by atoms with van der Waals surface area (Å²) >= 11 is 0. The van der Waals surface area contributed by atoms with Crippen molar-refractivity contribution in [3.8, 4) is 0 Å². The molecule has 0 bridgehead atoms. The van der Waals surface area contributed by atoms with Gasteiger partial charge in [0.1, 0.15) is 52.7 Å². The van der Waals surface area contributed by atoms with Crippen LogP contribution in [0.25, 0.3) is 0 Å². The lowest BCUT2D eigenvalue weighted by molar-refractivity contribution is -0.683. The Balaban J connectivity index is 0.000000276. The summed E-state index contributed by atoms with van der Waals surface area (Å²) in [6, 6.07) is 18.0. The highest BCUT2D eigenvalue weighted by Gasteiger charge is 2.52. The minimum atomic E-state index is -7.22. The Morgan fingerprint density at radius 3 is 0.941 bits per heavy atom. The first kappa shape index (κ1) is 49.8. The fourth-order valence-electron chi connectivity index (χ4n) is 7.14. The third-order valence-corrected chi connectivity index (χ3v) is 10.2. The number of ketones is 2. The number of halogens is 20. The topological polar surface area (TPSA) is 50.9 Å². The van der Waals surface area contributed by atoms with Crippen LogP contribution in [0.1, 0.15) is 26.4 Å². The fourth-order valence-corrected chi connectivity index (χ4v) is 7.14. The molecule has 1 aromatic heterocycles. The van der Waals surface area contributed by atoms with E-state index < -0.39 is 144 Å². The van der Waals surface area contributed by atoms with E-state index in [1.807, 2.05) is 36.4 Å². The van der Waals surface area contributed by atoms with Crippen LogP contribution in [-0.4, -0.2) is 22.7 Å². The second kappa shape index (κ2) is 19.0. The standard InChI is InChI=1S/C24BF20.C19H15N2O2/c26-5-1(6(27)14(35)21(42)13(5)34)25(2-7(28)15(36)22(43)16(37)8(2)29,3-9(30)17(38)23(44)18(39)10(3)31)4-11(32)19(40)24(45)20(41)12(4)33;22-18(15-7-3-1-4-8-15)14-21-12-11-20-17(13-21)19(23)16-9-5-2-6-10-16/h;1-13H,14H2/q-1;+1. The molecular formula is C43H15BF20N2O2. The maximum Gasteiger partial charge on any atom is 0.227 e. The first-order valence-electron chi connectivity index (χ1n) is 18.2. The van der Waals surface area contributed by atoms with Crippen molar-refractivity contribution in [1.82, 2.24) is 4.98 Å². The van der Waals surface area contributed by atoms with Crippen molar-refractivity contribution >= 4 is 39.6 Å². The Bertz CT molecular complexity index is 2810. The molecule has 7 rings (SSSR count). The number of Topliss-reactive ketones (excluding diaryl/α,β-unsaturated/α-hetero) is 1. The Labute approximate surface area is 365 Å². The predicted octanol–water partition coefficient (Wildman–Crippen LogP) is 8.33. The Hall–Kier alpha value is -7.60. The molecule has 0 radical (unpaired) electrons. The lowest BCUT2D eigenvalue weighted by Gasteiger charge is -2.44. The van der Waals surface area contributed by atoms with Gasteiger partial charge in [-0.2, -0.15) is 4.57 Å². The summed E-state index contributed by atoms with van der Waals surface area (Å²) in [7, 11) is 0. The van der Waals surface area contributed by atoms with Gasteiger partial charge in [-0.3, -0.25) is 9.59 Å². The van der Waals surface area contributed by atoms with E-state index in [0.29, 0.717) is 16.8 Å². The second-order valence-corrected chi connectivity index (χ2v) is 13.9. The van der Waals surface area contributed by atoms with Gasteiger partial charge in [0.2, 0.25) is 18.1 Å². The minimum Gasteiger partial charge on any atom is -0.287 e. The van der Waals surface area contributed by atoms with Gasteiger partial charge in [0, 0.05) is 11.1 Å². The molecule has 0 unspecified atom stereocenters. The molecule has 0 spiro atoms. The van der Waals surface area contributed by atoms with Gasteiger partial charge in [0.05, 0.1) is 6.20 Å². The van der Waals surface area contributed by atoms with E-state index in [9.17, 15) is 62.3 Å². The summed E-state index contributed by atoms with van der Waals surface area (Å²) in [5.41, 5.74) is -12.8. The molecule has 1 heterocycles. The molecule has 0 aliphatic heterocycles. The largest absolute Gasteiger partial charge is 0.287 e. The minimum absolute atomic E-state index is 0.0140. The van der Waals surface area contributed by atoms with Crippen LogP contribution < -0.4 is 26.4 Å². The molecule has 25 heteroatoms. The lowest BCUT2D eigenvalue weighted by Crippen LogP contribution is -2.81. The van der Waals surface area contributed by atoms with Crippen molar-refractivity contribution in [2.24, 2.45) is 0 Å². The predicted molar refractivity (Wildman–Crippen MR) is 194 cm³/mol. The van der Waals surface area contributed by atoms with E-state index in [2.05, 4.69) is 4.98 Å². The highest BCUT2D eigenvalue weighted by atomic mass is 19.2. The van der Waals surface area contributed by atoms with Crippen molar-refractivity contribution in [2.45, 2.75) is 6.54 Å². The molecule has 352 valence electrons. The monoisotopic (exact) mass is 982 g/mol. The van der Waals surface area contributed by atoms with Crippen molar-refractivity contribution in [3.63, 3.8) is 0 Å². The maximum atomic E-state index is 15.4. The van der Waals surface area contributed by atoms with E-state index in [1.165, 1.54) is 6.20 Å². The van der Waals surface area contributed by atoms with Crippen LogP contribution in [-0.2, 0) is 6.54 Å². The van der Waals surface area contributed by atoms with Crippen LogP contribution in [0, 0.1) is 116 Å². The van der Waals surface area contributed by atoms with Gasteiger partial charge in [-0.25, -0.2) is 92.8 Å². The van der Waals surface area contributed by atoms with E-state index in [0.717, 1.165) is 0 Å². The Morgan fingerprint density at radius 1 is 0.382 bits per heavy atom. The number of nitrogens with zero attached hydrogens (tertiary/aromatic N) is 2. The third-order valence-electron chi connectivity index (χ3n) is 10.2. The highest BCUT2D eigenvalue weighted by molar-refractivity contribution is 7.20. The highest BCUT2D eigenvalue weighted by Crippen LogP contribution is 2.31. The van der Waals surface area contributed by atoms with E-state index in [1.54, 1.807) is 41.2 Å². The molecule has 0 saturated carbocycles. The first-order chi connectivity index (χ1) is 31.9. The fraction of sp³-hybridized carbons (Fsp3) is 0.0233. The van der Waals surface area contributed by atoms with Gasteiger partial charge in [0.25, 0.3) is 0 Å². The molecule has 0 aliphatic carbocycles. The van der Waals surface area contributed by atoms with Gasteiger partial charge in [0.15, 0.2) is 87.9 Å². The van der Waals surface area contributed by atoms with E-state index in [-0.39, 0.29) is 18.1 Å². The zero-order chi connectivity index (χ0) is 50.4. The van der Waals surface area contributed by atoms with Gasteiger partial charge < -0.3 is 0 Å². The molecule has 0 N–H and O–H groups in total. The Morgan fingerprint density at radius 2 is 0.647 bits per heavy atom. The van der Waals surface area contributed by atoms with Gasteiger partial charge in [-0.1, -0.05) is 60.7 Å². The summed E-state index contributed by atoms with van der Waals surface area (Å²) in [4.78, 5) is 28.7. The van der Waals surface area contributed by atoms with Crippen LogP contribution >= 0.6 is 0 Å². The van der Waals surface area contributed by atoms with E-state index in [4.69, 9.17) is 0 Å². The molecule has 0 amide bonds. The normalized spacial score (nSPS) is 11.4. The average molecular weight is 982 g/mol. The quantitative estimate of drug-likeness (QED) is 0.0366. The summed E-state index contributed by atoms with van der Waals surface area (Å²) in [5, 5.41) is 0. The molecule has 4 nitrogen and oxygen atoms in total. The first-order valence-corrected chi connectivity index (χ1v) is 18.2. The summed E-state index contributed by atoms with van der Waals surface area (Å²) in [6.45, 7) is 0.168. The van der Waals surface area contributed by atoms with Crippen molar-refractivity contribution in [2.75, 3.05) is 0 Å². The number of carbonyl (C=O) groups is 2. The van der Waals surface area contributed by atoms with E-state index >= 15 is 35.1 Å². The lowest BCUT2D eigenvalue weighted by atomic mass is 9.12. The van der Waals surface area contributed by atoms with Crippen molar-refractivity contribution in [1.29, 1.82) is 0 Å². The van der Waals surface area contributed by atoms with Crippen LogP contribution in [0.3, 0.4) is 0 Å². The third kappa shape index (κ3) is 8.07. The zero-order valence-electron chi connectivity index (χ0n) is 32.6. The molecule has 68 heavy (non-hydrogen) atoms. The number of hydrogen-bond donors (Lipinski definition) is 0. The van der Waals surface area contributed by atoms with Crippen LogP contribution in [0.4, 0.5) is 87.8 Å². The van der Waals surface area contributed by atoms with Gasteiger partial charge in [-0.05, 0) is 0 Å². The average Bonchev–Trinajstić information content (AvgIpc) is 3.34. The molecule has 0 saturated heterocycles. The molecule has 0 atom stereocenters. The van der Waals surface area contributed by atoms with Crippen LogP contribution in [0.2, 0.25) is 0 Å². The SMILES string of the molecule is Fc1c(F)c(F)c([B-](c2c(F)c(F)c(F)c(F)c2F)(c2c(F)c(F)c(F)c(F)c2F)c2c(F)c(F)c(F)c(F)c2F)c(F)c1F.O=C(C[n+]1ccnc(C(=O)c2ccccc2)c1)c1ccccc1. The maximum absolute atomic E-state index is 15.4. The number of hydrogen-bond acceptors (Lipinski definition) is 3. The molecule has 0 fully saturated rings. The molecule has 0 aliphatic rings. The number of carbonyl (C=O) groups excluding carboxylic acids is 2. The zero-order valence-corrected chi connectivity index (χ0v) is 32.6. The number of rotatable bonds is 9. The van der Waals surface area contributed by atoms with Crippen molar-refractivity contribution < 1.29 is 102 Å². The summed E-state index contributed by atoms with van der Waals surface area (Å²) in [6.07, 6.45) is -2.39. The van der Waals surface area contributed by atoms with Crippen LogP contribution in [0.5, 0.6) is 0 Å².